The van der Waals surface area contributed by atoms with E-state index in [1.807, 2.05) is 6.92 Å². The highest BCUT2D eigenvalue weighted by atomic mass is 19.1. The maximum atomic E-state index is 13.2. The molecule has 0 spiro atoms. The van der Waals surface area contributed by atoms with Gasteiger partial charge in [-0.15, -0.1) is 0 Å². The molecule has 0 bridgehead atoms. The number of aromatic nitrogens is 2. The van der Waals surface area contributed by atoms with E-state index in [1.165, 1.54) is 25.3 Å². The SMILES string of the molecule is COCc1nc(NN)cc(Oc2cc(F)ccc2C)n1. The maximum absolute atomic E-state index is 13.2. The number of nitrogen functional groups attached to an aromatic ring is 1. The van der Waals surface area contributed by atoms with Gasteiger partial charge in [0.15, 0.2) is 5.82 Å². The van der Waals surface area contributed by atoms with Crippen molar-refractivity contribution >= 4 is 5.82 Å². The third kappa shape index (κ3) is 3.40. The van der Waals surface area contributed by atoms with Crippen molar-refractivity contribution in [3.8, 4) is 11.6 Å². The molecule has 0 saturated carbocycles. The van der Waals surface area contributed by atoms with Gasteiger partial charge in [-0.05, 0) is 18.6 Å². The van der Waals surface area contributed by atoms with Crippen LogP contribution in [0.2, 0.25) is 0 Å². The lowest BCUT2D eigenvalue weighted by molar-refractivity contribution is 0.177. The van der Waals surface area contributed by atoms with Crippen molar-refractivity contribution < 1.29 is 13.9 Å². The molecule has 0 atom stereocenters. The van der Waals surface area contributed by atoms with E-state index >= 15 is 0 Å². The third-order valence-electron chi connectivity index (χ3n) is 2.53. The molecule has 0 aliphatic heterocycles. The van der Waals surface area contributed by atoms with E-state index in [2.05, 4.69) is 15.4 Å². The lowest BCUT2D eigenvalue weighted by atomic mass is 10.2. The number of methoxy groups -OCH3 is 1. The van der Waals surface area contributed by atoms with Crippen LogP contribution in [0, 0.1) is 12.7 Å². The van der Waals surface area contributed by atoms with Crippen LogP contribution in [0.25, 0.3) is 0 Å². The van der Waals surface area contributed by atoms with Gasteiger partial charge in [-0.2, -0.15) is 4.98 Å². The summed E-state index contributed by atoms with van der Waals surface area (Å²) in [5.41, 5.74) is 3.21. The summed E-state index contributed by atoms with van der Waals surface area (Å²) >= 11 is 0. The Morgan fingerprint density at radius 3 is 2.80 bits per heavy atom. The first-order valence-electron chi connectivity index (χ1n) is 5.90. The second-order valence-electron chi connectivity index (χ2n) is 4.10. The summed E-state index contributed by atoms with van der Waals surface area (Å²) in [7, 11) is 1.53. The molecule has 0 aliphatic rings. The molecule has 3 N–H and O–H groups in total. The minimum atomic E-state index is -0.381. The second-order valence-corrected chi connectivity index (χ2v) is 4.10. The van der Waals surface area contributed by atoms with Crippen molar-refractivity contribution in [2.24, 2.45) is 5.84 Å². The summed E-state index contributed by atoms with van der Waals surface area (Å²) in [4.78, 5) is 8.26. The summed E-state index contributed by atoms with van der Waals surface area (Å²) in [6, 6.07) is 5.81. The van der Waals surface area contributed by atoms with E-state index in [0.717, 1.165) is 5.56 Å². The van der Waals surface area contributed by atoms with Crippen molar-refractivity contribution in [3.63, 3.8) is 0 Å². The number of nitrogens with two attached hydrogens (primary N) is 1. The molecular weight excluding hydrogens is 263 g/mol. The monoisotopic (exact) mass is 278 g/mol. The fourth-order valence-corrected chi connectivity index (χ4v) is 1.59. The van der Waals surface area contributed by atoms with Gasteiger partial charge in [0.2, 0.25) is 5.88 Å². The van der Waals surface area contributed by atoms with Crippen LogP contribution in [-0.4, -0.2) is 17.1 Å². The summed E-state index contributed by atoms with van der Waals surface area (Å²) in [5.74, 6) is 6.39. The zero-order chi connectivity index (χ0) is 14.5. The predicted molar refractivity (Wildman–Crippen MR) is 71.8 cm³/mol. The predicted octanol–water partition coefficient (Wildman–Crippen LogP) is 2.15. The molecule has 1 heterocycles. The van der Waals surface area contributed by atoms with Crippen LogP contribution in [0.5, 0.6) is 11.6 Å². The zero-order valence-corrected chi connectivity index (χ0v) is 11.2. The van der Waals surface area contributed by atoms with E-state index in [4.69, 9.17) is 15.3 Å². The second kappa shape index (κ2) is 6.27. The molecule has 2 rings (SSSR count). The summed E-state index contributed by atoms with van der Waals surface area (Å²) in [6.45, 7) is 2.03. The number of halogens is 1. The van der Waals surface area contributed by atoms with Crippen molar-refractivity contribution in [1.82, 2.24) is 9.97 Å². The fourth-order valence-electron chi connectivity index (χ4n) is 1.59. The van der Waals surface area contributed by atoms with Gasteiger partial charge in [0.05, 0.1) is 0 Å². The molecule has 0 saturated heterocycles. The normalized spacial score (nSPS) is 10.4. The zero-order valence-electron chi connectivity index (χ0n) is 11.2. The molecule has 106 valence electrons. The average Bonchev–Trinajstić information content (AvgIpc) is 2.43. The van der Waals surface area contributed by atoms with Crippen molar-refractivity contribution in [2.75, 3.05) is 12.5 Å². The molecule has 7 heteroatoms. The number of ether oxygens (including phenoxy) is 2. The molecule has 0 unspecified atom stereocenters. The van der Waals surface area contributed by atoms with E-state index in [9.17, 15) is 4.39 Å². The smallest absolute Gasteiger partial charge is 0.224 e. The number of hydrogen-bond acceptors (Lipinski definition) is 6. The van der Waals surface area contributed by atoms with Crippen LogP contribution < -0.4 is 16.0 Å². The van der Waals surface area contributed by atoms with Crippen molar-refractivity contribution in [1.29, 1.82) is 0 Å². The number of nitrogens with one attached hydrogen (secondary N) is 1. The topological polar surface area (TPSA) is 82.3 Å². The highest BCUT2D eigenvalue weighted by Crippen LogP contribution is 2.25. The number of hydrogen-bond donors (Lipinski definition) is 2. The van der Waals surface area contributed by atoms with Gasteiger partial charge in [0, 0.05) is 19.2 Å². The van der Waals surface area contributed by atoms with Crippen LogP contribution in [0.4, 0.5) is 10.2 Å². The molecule has 0 fully saturated rings. The van der Waals surface area contributed by atoms with Gasteiger partial charge in [0.1, 0.15) is 24.0 Å². The number of aryl methyl sites for hydroxylation is 1. The van der Waals surface area contributed by atoms with Crippen LogP contribution in [0.15, 0.2) is 24.3 Å². The Balaban J connectivity index is 2.32. The highest BCUT2D eigenvalue weighted by molar-refractivity contribution is 5.40. The molecule has 6 nitrogen and oxygen atoms in total. The van der Waals surface area contributed by atoms with Gasteiger partial charge < -0.3 is 14.9 Å². The summed E-state index contributed by atoms with van der Waals surface area (Å²) < 4.78 is 23.8. The van der Waals surface area contributed by atoms with Gasteiger partial charge in [-0.3, -0.25) is 0 Å². The number of rotatable bonds is 5. The maximum Gasteiger partial charge on any atom is 0.224 e. The Bertz CT molecular complexity index is 607. The number of hydrazine groups is 1. The van der Waals surface area contributed by atoms with Gasteiger partial charge in [-0.25, -0.2) is 15.2 Å². The minimum absolute atomic E-state index is 0.216. The largest absolute Gasteiger partial charge is 0.438 e. The Hall–Kier alpha value is -2.25. The van der Waals surface area contributed by atoms with E-state index < -0.39 is 0 Å². The number of anilines is 1. The van der Waals surface area contributed by atoms with E-state index in [1.54, 1.807) is 6.07 Å². The van der Waals surface area contributed by atoms with Gasteiger partial charge >= 0.3 is 0 Å². The molecular formula is C13H15FN4O2. The Morgan fingerprint density at radius 2 is 2.10 bits per heavy atom. The first-order chi connectivity index (χ1) is 9.62. The van der Waals surface area contributed by atoms with Gasteiger partial charge in [0.25, 0.3) is 0 Å². The molecule has 1 aromatic heterocycles. The average molecular weight is 278 g/mol. The first kappa shape index (κ1) is 14.2. The molecule has 0 amide bonds. The lowest BCUT2D eigenvalue weighted by Crippen LogP contribution is -2.11. The van der Waals surface area contributed by atoms with Crippen LogP contribution >= 0.6 is 0 Å². The lowest BCUT2D eigenvalue weighted by Gasteiger charge is -2.10. The molecule has 0 radical (unpaired) electrons. The van der Waals surface area contributed by atoms with Crippen molar-refractivity contribution in [3.05, 3.63) is 41.5 Å². The summed E-state index contributed by atoms with van der Waals surface area (Å²) in [6.07, 6.45) is 0. The molecule has 0 aliphatic carbocycles. The Kier molecular flexibility index (Phi) is 4.44. The molecule has 2 aromatic rings. The number of nitrogens with zero attached hydrogens (tertiary/aromatic N) is 2. The van der Waals surface area contributed by atoms with E-state index in [-0.39, 0.29) is 18.3 Å². The quantitative estimate of drug-likeness (QED) is 0.644. The Labute approximate surface area is 115 Å². The molecule has 20 heavy (non-hydrogen) atoms. The minimum Gasteiger partial charge on any atom is -0.438 e. The van der Waals surface area contributed by atoms with Crippen molar-refractivity contribution in [2.45, 2.75) is 13.5 Å². The van der Waals surface area contributed by atoms with Crippen LogP contribution in [0.3, 0.4) is 0 Å². The third-order valence-corrected chi connectivity index (χ3v) is 2.53. The first-order valence-corrected chi connectivity index (χ1v) is 5.90. The van der Waals surface area contributed by atoms with Crippen LogP contribution in [0.1, 0.15) is 11.4 Å². The fraction of sp³-hybridized carbons (Fsp3) is 0.231. The van der Waals surface area contributed by atoms with Crippen LogP contribution in [-0.2, 0) is 11.3 Å². The molecule has 1 aromatic carbocycles. The Morgan fingerprint density at radius 1 is 1.30 bits per heavy atom. The summed E-state index contributed by atoms with van der Waals surface area (Å²) in [5, 5.41) is 0. The van der Waals surface area contributed by atoms with E-state index in [0.29, 0.717) is 17.4 Å². The van der Waals surface area contributed by atoms with Gasteiger partial charge in [-0.1, -0.05) is 6.07 Å². The highest BCUT2D eigenvalue weighted by Gasteiger charge is 2.08. The standard InChI is InChI=1S/C13H15FN4O2/c1-8-3-4-9(14)5-10(8)20-13-6-11(18-15)16-12(17-13)7-19-2/h3-6H,7,15H2,1-2H3,(H,16,17,18). The number of benzene rings is 1.